The van der Waals surface area contributed by atoms with Crippen molar-refractivity contribution in [2.45, 2.75) is 12.7 Å². The zero-order valence-electron chi connectivity index (χ0n) is 14.7. The largest absolute Gasteiger partial charge is 0.467 e. The number of amides is 1. The van der Waals surface area contributed by atoms with Crippen LogP contribution in [0.3, 0.4) is 0 Å². The summed E-state index contributed by atoms with van der Waals surface area (Å²) in [5.41, 5.74) is -0.0837. The van der Waals surface area contributed by atoms with E-state index in [1.165, 1.54) is 12.1 Å². The van der Waals surface area contributed by atoms with Crippen molar-refractivity contribution >= 4 is 33.4 Å². The van der Waals surface area contributed by atoms with Crippen LogP contribution >= 0.6 is 27.5 Å². The number of carbonyl (C=O) groups is 1. The van der Waals surface area contributed by atoms with E-state index < -0.39 is 24.4 Å². The van der Waals surface area contributed by atoms with Crippen molar-refractivity contribution in [1.29, 1.82) is 0 Å². The van der Waals surface area contributed by atoms with Crippen molar-refractivity contribution in [2.75, 3.05) is 6.61 Å². The number of nitrogens with one attached hydrogen (secondary N) is 1. The average Bonchev–Trinajstić information content (AvgIpc) is 3.11. The van der Waals surface area contributed by atoms with Gasteiger partial charge in [0, 0.05) is 17.1 Å². The number of aromatic nitrogens is 2. The second-order valence-corrected chi connectivity index (χ2v) is 7.24. The van der Waals surface area contributed by atoms with E-state index in [0.717, 1.165) is 20.8 Å². The number of rotatable bonds is 6. The zero-order chi connectivity index (χ0) is 21.0. The molecular weight excluding hydrogens is 475 g/mol. The SMILES string of the molecule is O=C(COc1cc(C(F)(F)F)nn1-c1ccccc1Cl)NCc1ccc(Br)cc1. The maximum Gasteiger partial charge on any atom is 0.435 e. The van der Waals surface area contributed by atoms with Crippen molar-refractivity contribution in [1.82, 2.24) is 15.1 Å². The lowest BCUT2D eigenvalue weighted by Gasteiger charge is -2.10. The molecule has 2 aromatic carbocycles. The maximum absolute atomic E-state index is 13.1. The van der Waals surface area contributed by atoms with E-state index in [9.17, 15) is 18.0 Å². The quantitative estimate of drug-likeness (QED) is 0.531. The number of nitrogens with zero attached hydrogens (tertiary/aromatic N) is 2. The summed E-state index contributed by atoms with van der Waals surface area (Å²) in [6.45, 7) is -0.225. The summed E-state index contributed by atoms with van der Waals surface area (Å²) in [6, 6.07) is 14.3. The van der Waals surface area contributed by atoms with E-state index in [1.807, 2.05) is 24.3 Å². The van der Waals surface area contributed by atoms with Crippen LogP contribution in [-0.2, 0) is 17.5 Å². The summed E-state index contributed by atoms with van der Waals surface area (Å²) < 4.78 is 46.4. The van der Waals surface area contributed by atoms with E-state index in [4.69, 9.17) is 16.3 Å². The predicted molar refractivity (Wildman–Crippen MR) is 105 cm³/mol. The molecule has 0 saturated carbocycles. The number of carbonyl (C=O) groups excluding carboxylic acids is 1. The van der Waals surface area contributed by atoms with Gasteiger partial charge in [-0.25, -0.2) is 0 Å². The van der Waals surface area contributed by atoms with E-state index in [-0.39, 0.29) is 23.1 Å². The van der Waals surface area contributed by atoms with Crippen molar-refractivity contribution in [2.24, 2.45) is 0 Å². The highest BCUT2D eigenvalue weighted by Crippen LogP contribution is 2.33. The van der Waals surface area contributed by atoms with Gasteiger partial charge in [0.2, 0.25) is 5.88 Å². The number of ether oxygens (including phenoxy) is 1. The fraction of sp³-hybridized carbons (Fsp3) is 0.158. The normalized spacial score (nSPS) is 11.3. The topological polar surface area (TPSA) is 56.1 Å². The molecule has 5 nitrogen and oxygen atoms in total. The van der Waals surface area contributed by atoms with E-state index in [0.29, 0.717) is 0 Å². The Morgan fingerprint density at radius 3 is 2.52 bits per heavy atom. The zero-order valence-corrected chi connectivity index (χ0v) is 17.1. The molecular formula is C19H14BrClF3N3O2. The summed E-state index contributed by atoms with van der Waals surface area (Å²) in [7, 11) is 0. The van der Waals surface area contributed by atoms with Crippen LogP contribution in [0.2, 0.25) is 5.02 Å². The molecule has 0 fully saturated rings. The molecule has 1 aromatic heterocycles. The van der Waals surface area contributed by atoms with Gasteiger partial charge in [-0.3, -0.25) is 4.79 Å². The first kappa shape index (κ1) is 21.2. The third kappa shape index (κ3) is 5.51. The molecule has 0 aliphatic carbocycles. The van der Waals surface area contributed by atoms with E-state index in [2.05, 4.69) is 26.3 Å². The molecule has 0 unspecified atom stereocenters. The molecule has 1 amide bonds. The Kier molecular flexibility index (Phi) is 6.49. The lowest BCUT2D eigenvalue weighted by atomic mass is 10.2. The molecule has 0 bridgehead atoms. The maximum atomic E-state index is 13.1. The molecule has 0 spiro atoms. The minimum absolute atomic E-state index is 0.189. The fourth-order valence-electron chi connectivity index (χ4n) is 2.39. The Morgan fingerprint density at radius 1 is 1.17 bits per heavy atom. The molecule has 10 heteroatoms. The highest BCUT2D eigenvalue weighted by atomic mass is 79.9. The number of halogens is 5. The van der Waals surface area contributed by atoms with Gasteiger partial charge in [-0.2, -0.15) is 23.0 Å². The molecule has 152 valence electrons. The second kappa shape index (κ2) is 8.87. The van der Waals surface area contributed by atoms with Crippen LogP contribution in [0.15, 0.2) is 59.1 Å². The van der Waals surface area contributed by atoms with Gasteiger partial charge in [-0.1, -0.05) is 51.8 Å². The highest BCUT2D eigenvalue weighted by molar-refractivity contribution is 9.10. The average molecular weight is 489 g/mol. The van der Waals surface area contributed by atoms with Crippen molar-refractivity contribution in [3.05, 3.63) is 75.4 Å². The second-order valence-electron chi connectivity index (χ2n) is 5.92. The van der Waals surface area contributed by atoms with Crippen molar-refractivity contribution in [3.8, 4) is 11.6 Å². The first-order valence-electron chi connectivity index (χ1n) is 8.30. The number of benzene rings is 2. The van der Waals surface area contributed by atoms with Crippen LogP contribution in [0.1, 0.15) is 11.3 Å². The monoisotopic (exact) mass is 487 g/mol. The molecule has 0 radical (unpaired) electrons. The summed E-state index contributed by atoms with van der Waals surface area (Å²) >= 11 is 9.38. The Morgan fingerprint density at radius 2 is 1.86 bits per heavy atom. The van der Waals surface area contributed by atoms with Crippen LogP contribution < -0.4 is 10.1 Å². The van der Waals surface area contributed by atoms with Crippen molar-refractivity contribution < 1.29 is 22.7 Å². The van der Waals surface area contributed by atoms with Crippen LogP contribution in [0, 0.1) is 0 Å². The Bertz CT molecular complexity index is 1010. The molecule has 0 aliphatic heterocycles. The molecule has 0 atom stereocenters. The van der Waals surface area contributed by atoms with Gasteiger partial charge in [-0.05, 0) is 29.8 Å². The van der Waals surface area contributed by atoms with E-state index in [1.54, 1.807) is 12.1 Å². The van der Waals surface area contributed by atoms with Crippen LogP contribution in [0.5, 0.6) is 5.88 Å². The summed E-state index contributed by atoms with van der Waals surface area (Å²) in [4.78, 5) is 12.1. The summed E-state index contributed by atoms with van der Waals surface area (Å²) in [5.74, 6) is -0.738. The molecule has 0 aliphatic rings. The number of hydrogen-bond acceptors (Lipinski definition) is 3. The molecule has 1 N–H and O–H groups in total. The first-order chi connectivity index (χ1) is 13.7. The third-order valence-electron chi connectivity index (χ3n) is 3.80. The lowest BCUT2D eigenvalue weighted by Crippen LogP contribution is -2.28. The predicted octanol–water partition coefficient (Wildman–Crippen LogP) is 5.00. The number of hydrogen-bond donors (Lipinski definition) is 1. The van der Waals surface area contributed by atoms with Gasteiger partial charge < -0.3 is 10.1 Å². The van der Waals surface area contributed by atoms with Gasteiger partial charge in [0.15, 0.2) is 12.3 Å². The molecule has 3 aromatic rings. The van der Waals surface area contributed by atoms with Gasteiger partial charge in [-0.15, -0.1) is 0 Å². The molecule has 1 heterocycles. The number of para-hydroxylation sites is 1. The summed E-state index contributed by atoms with van der Waals surface area (Å²) in [5, 5.41) is 6.37. The molecule has 29 heavy (non-hydrogen) atoms. The van der Waals surface area contributed by atoms with Gasteiger partial charge >= 0.3 is 6.18 Å². The lowest BCUT2D eigenvalue weighted by molar-refractivity contribution is -0.141. The van der Waals surface area contributed by atoms with Crippen LogP contribution in [0.4, 0.5) is 13.2 Å². The number of alkyl halides is 3. The standard InChI is InChI=1S/C19H14BrClF3N3O2/c20-13-7-5-12(6-8-13)10-25-17(28)11-29-18-9-16(19(22,23)24)26-27(18)15-4-2-1-3-14(15)21/h1-9H,10-11H2,(H,25,28). The van der Waals surface area contributed by atoms with Gasteiger partial charge in [0.25, 0.3) is 5.91 Å². The van der Waals surface area contributed by atoms with Crippen LogP contribution in [-0.4, -0.2) is 22.3 Å². The van der Waals surface area contributed by atoms with Gasteiger partial charge in [0.05, 0.1) is 10.7 Å². The van der Waals surface area contributed by atoms with E-state index >= 15 is 0 Å². The van der Waals surface area contributed by atoms with Crippen molar-refractivity contribution in [3.63, 3.8) is 0 Å². The van der Waals surface area contributed by atoms with Crippen LogP contribution in [0.25, 0.3) is 5.69 Å². The fourth-order valence-corrected chi connectivity index (χ4v) is 2.87. The molecule has 0 saturated heterocycles. The third-order valence-corrected chi connectivity index (χ3v) is 4.65. The molecule has 3 rings (SSSR count). The summed E-state index contributed by atoms with van der Waals surface area (Å²) in [6.07, 6.45) is -4.67. The minimum atomic E-state index is -4.67. The Labute approximate surface area is 177 Å². The Hall–Kier alpha value is -2.52. The minimum Gasteiger partial charge on any atom is -0.467 e. The smallest absolute Gasteiger partial charge is 0.435 e. The highest BCUT2D eigenvalue weighted by Gasteiger charge is 2.35. The first-order valence-corrected chi connectivity index (χ1v) is 9.47. The Balaban J connectivity index is 1.72. The van der Waals surface area contributed by atoms with Gasteiger partial charge in [0.1, 0.15) is 0 Å².